The molecule has 0 aromatic heterocycles. The van der Waals surface area contributed by atoms with E-state index in [0.29, 0.717) is 0 Å². The Kier molecular flexibility index (Phi) is 4.95. The van der Waals surface area contributed by atoms with Gasteiger partial charge in [-0.2, -0.15) is 0 Å². The predicted molar refractivity (Wildman–Crippen MR) is 68.0 cm³/mol. The van der Waals surface area contributed by atoms with Crippen LogP contribution in [0.3, 0.4) is 0 Å². The Balaban J connectivity index is 2.60. The number of amides is 2. The van der Waals surface area contributed by atoms with Crippen LogP contribution in [0.15, 0.2) is 0 Å². The number of hydrogen-bond donors (Lipinski definition) is 2. The molecule has 3 atom stereocenters. The lowest BCUT2D eigenvalue weighted by Gasteiger charge is -2.39. The minimum absolute atomic E-state index is 0.284. The number of nitrogens with zero attached hydrogens (tertiary/aromatic N) is 2. The summed E-state index contributed by atoms with van der Waals surface area (Å²) < 4.78 is 0. The van der Waals surface area contributed by atoms with E-state index in [0.717, 1.165) is 19.3 Å². The van der Waals surface area contributed by atoms with Crippen molar-refractivity contribution in [1.82, 2.24) is 15.3 Å². The van der Waals surface area contributed by atoms with Crippen LogP contribution in [0.1, 0.15) is 40.0 Å². The van der Waals surface area contributed by atoms with E-state index in [-0.39, 0.29) is 18.1 Å². The molecule has 104 valence electrons. The quantitative estimate of drug-likeness (QED) is 0.799. The Bertz CT molecular complexity index is 312. The standard InChI is InChI=1S/C12H23N3O3/c1-8-6-5-7-9(2)15(8)13-12(18)14(4)10(3)11(16)17/h8-10H,5-7H2,1-4H3,(H,13,18)(H,16,17). The van der Waals surface area contributed by atoms with Crippen molar-refractivity contribution in [2.75, 3.05) is 7.05 Å². The molecule has 1 saturated heterocycles. The highest BCUT2D eigenvalue weighted by Gasteiger charge is 2.29. The van der Waals surface area contributed by atoms with Gasteiger partial charge in [0.2, 0.25) is 0 Å². The van der Waals surface area contributed by atoms with E-state index in [1.165, 1.54) is 18.9 Å². The highest BCUT2D eigenvalue weighted by atomic mass is 16.4. The first-order chi connectivity index (χ1) is 8.34. The lowest BCUT2D eigenvalue weighted by Crippen LogP contribution is -2.58. The minimum Gasteiger partial charge on any atom is -0.480 e. The predicted octanol–water partition coefficient (Wildman–Crippen LogP) is 1.28. The van der Waals surface area contributed by atoms with E-state index >= 15 is 0 Å². The largest absolute Gasteiger partial charge is 0.480 e. The molecule has 2 N–H and O–H groups in total. The van der Waals surface area contributed by atoms with Crippen LogP contribution in [0.5, 0.6) is 0 Å². The van der Waals surface area contributed by atoms with Gasteiger partial charge in [-0.05, 0) is 33.6 Å². The summed E-state index contributed by atoms with van der Waals surface area (Å²) >= 11 is 0. The summed E-state index contributed by atoms with van der Waals surface area (Å²) in [6, 6.07) is -0.636. The van der Waals surface area contributed by atoms with Crippen LogP contribution in [-0.4, -0.2) is 52.2 Å². The molecule has 2 amide bonds. The lowest BCUT2D eigenvalue weighted by molar-refractivity contribution is -0.141. The number of piperidine rings is 1. The number of carbonyl (C=O) groups is 2. The number of carbonyl (C=O) groups excluding carboxylic acids is 1. The molecule has 1 heterocycles. The Hall–Kier alpha value is -1.30. The monoisotopic (exact) mass is 257 g/mol. The Morgan fingerprint density at radius 1 is 1.33 bits per heavy atom. The lowest BCUT2D eigenvalue weighted by atomic mass is 10.00. The molecule has 1 aliphatic rings. The number of rotatable bonds is 3. The summed E-state index contributed by atoms with van der Waals surface area (Å²) in [5, 5.41) is 10.8. The zero-order chi connectivity index (χ0) is 13.9. The molecule has 6 heteroatoms. The van der Waals surface area contributed by atoms with Gasteiger partial charge in [0.25, 0.3) is 0 Å². The molecular formula is C12H23N3O3. The van der Waals surface area contributed by atoms with Crippen molar-refractivity contribution >= 4 is 12.0 Å². The number of hydrazine groups is 1. The van der Waals surface area contributed by atoms with Crippen LogP contribution in [0.25, 0.3) is 0 Å². The zero-order valence-electron chi connectivity index (χ0n) is 11.5. The second kappa shape index (κ2) is 6.04. The van der Waals surface area contributed by atoms with Crippen molar-refractivity contribution in [3.63, 3.8) is 0 Å². The summed E-state index contributed by atoms with van der Waals surface area (Å²) in [7, 11) is 1.49. The van der Waals surface area contributed by atoms with Gasteiger partial charge in [0, 0.05) is 19.1 Å². The SMILES string of the molecule is CC(C(=O)O)N(C)C(=O)NN1C(C)CCCC1C. The first-order valence-corrected chi connectivity index (χ1v) is 6.39. The fourth-order valence-corrected chi connectivity index (χ4v) is 2.17. The van der Waals surface area contributed by atoms with Crippen LogP contribution in [0.4, 0.5) is 4.79 Å². The molecule has 0 aromatic carbocycles. The normalized spacial score (nSPS) is 26.4. The molecule has 1 rings (SSSR count). The molecule has 0 bridgehead atoms. The van der Waals surface area contributed by atoms with Gasteiger partial charge in [-0.1, -0.05) is 6.42 Å². The first kappa shape index (κ1) is 14.8. The maximum atomic E-state index is 12.0. The topological polar surface area (TPSA) is 72.9 Å². The molecule has 6 nitrogen and oxygen atoms in total. The Morgan fingerprint density at radius 2 is 1.83 bits per heavy atom. The van der Waals surface area contributed by atoms with E-state index in [2.05, 4.69) is 19.3 Å². The van der Waals surface area contributed by atoms with Gasteiger partial charge in [0.05, 0.1) is 0 Å². The van der Waals surface area contributed by atoms with E-state index in [4.69, 9.17) is 5.11 Å². The molecule has 3 unspecified atom stereocenters. The molecule has 18 heavy (non-hydrogen) atoms. The minimum atomic E-state index is -1.01. The highest BCUT2D eigenvalue weighted by molar-refractivity contribution is 5.81. The zero-order valence-corrected chi connectivity index (χ0v) is 11.5. The fraction of sp³-hybridized carbons (Fsp3) is 0.833. The smallest absolute Gasteiger partial charge is 0.332 e. The summed E-state index contributed by atoms with van der Waals surface area (Å²) in [6.45, 7) is 5.62. The second-order valence-corrected chi connectivity index (χ2v) is 5.08. The summed E-state index contributed by atoms with van der Waals surface area (Å²) in [5.41, 5.74) is 2.81. The van der Waals surface area contributed by atoms with Crippen molar-refractivity contribution < 1.29 is 14.7 Å². The van der Waals surface area contributed by atoms with Crippen molar-refractivity contribution in [3.8, 4) is 0 Å². The van der Waals surface area contributed by atoms with Crippen molar-refractivity contribution in [2.24, 2.45) is 0 Å². The molecule has 0 aliphatic carbocycles. The molecule has 1 aliphatic heterocycles. The number of aliphatic carboxylic acids is 1. The summed E-state index contributed by atoms with van der Waals surface area (Å²) in [4.78, 5) is 24.0. The van der Waals surface area contributed by atoms with E-state index in [1.54, 1.807) is 0 Å². The van der Waals surface area contributed by atoms with Gasteiger partial charge in [0.1, 0.15) is 6.04 Å². The maximum Gasteiger partial charge on any atom is 0.332 e. The van der Waals surface area contributed by atoms with Crippen molar-refractivity contribution in [1.29, 1.82) is 0 Å². The third-order valence-electron chi connectivity index (χ3n) is 3.68. The summed E-state index contributed by atoms with van der Waals surface area (Å²) in [5.74, 6) is -1.01. The number of carboxylic acid groups (broad SMARTS) is 1. The van der Waals surface area contributed by atoms with Crippen LogP contribution in [0, 0.1) is 0 Å². The van der Waals surface area contributed by atoms with Crippen LogP contribution >= 0.6 is 0 Å². The molecule has 0 saturated carbocycles. The van der Waals surface area contributed by atoms with E-state index < -0.39 is 12.0 Å². The van der Waals surface area contributed by atoms with Gasteiger partial charge >= 0.3 is 12.0 Å². The second-order valence-electron chi connectivity index (χ2n) is 5.08. The van der Waals surface area contributed by atoms with Gasteiger partial charge in [0.15, 0.2) is 0 Å². The van der Waals surface area contributed by atoms with Crippen LogP contribution in [0.2, 0.25) is 0 Å². The average molecular weight is 257 g/mol. The number of hydrogen-bond acceptors (Lipinski definition) is 3. The third-order valence-corrected chi connectivity index (χ3v) is 3.68. The van der Waals surface area contributed by atoms with Gasteiger partial charge in [-0.3, -0.25) is 5.43 Å². The average Bonchev–Trinajstić information content (AvgIpc) is 2.31. The highest BCUT2D eigenvalue weighted by Crippen LogP contribution is 2.20. The molecule has 1 fully saturated rings. The van der Waals surface area contributed by atoms with Crippen molar-refractivity contribution in [3.05, 3.63) is 0 Å². The first-order valence-electron chi connectivity index (χ1n) is 6.39. The number of urea groups is 1. The van der Waals surface area contributed by atoms with E-state index in [9.17, 15) is 9.59 Å². The van der Waals surface area contributed by atoms with E-state index in [1.807, 2.05) is 5.01 Å². The van der Waals surface area contributed by atoms with Crippen molar-refractivity contribution in [2.45, 2.75) is 58.2 Å². The Morgan fingerprint density at radius 3 is 2.28 bits per heavy atom. The molecular weight excluding hydrogens is 234 g/mol. The fourth-order valence-electron chi connectivity index (χ4n) is 2.17. The number of carboxylic acids is 1. The van der Waals surface area contributed by atoms with Gasteiger partial charge < -0.3 is 10.0 Å². The third kappa shape index (κ3) is 3.35. The number of likely N-dealkylation sites (N-methyl/N-ethyl adjacent to an activating group) is 1. The Labute approximate surface area is 108 Å². The summed E-state index contributed by atoms with van der Waals surface area (Å²) in [6.07, 6.45) is 3.25. The molecule has 0 spiro atoms. The molecule has 0 radical (unpaired) electrons. The van der Waals surface area contributed by atoms with Crippen LogP contribution < -0.4 is 5.43 Å². The molecule has 0 aromatic rings. The number of nitrogens with one attached hydrogen (secondary N) is 1. The van der Waals surface area contributed by atoms with Crippen LogP contribution in [-0.2, 0) is 4.79 Å². The van der Waals surface area contributed by atoms with Gasteiger partial charge in [-0.15, -0.1) is 0 Å². The van der Waals surface area contributed by atoms with Gasteiger partial charge in [-0.25, -0.2) is 14.6 Å². The maximum absolute atomic E-state index is 12.0.